The molecule has 1 aromatic heterocycles. The molecule has 8 heteroatoms. The monoisotopic (exact) mass is 360 g/mol. The van der Waals surface area contributed by atoms with E-state index in [1.807, 2.05) is 6.92 Å². The molecule has 0 bridgehead atoms. The molecule has 138 valence electrons. The van der Waals surface area contributed by atoms with Crippen LogP contribution in [0.4, 0.5) is 15.9 Å². The highest BCUT2D eigenvalue weighted by atomic mass is 19.1. The number of halogens is 1. The second-order valence-electron chi connectivity index (χ2n) is 6.61. The average molecular weight is 360 g/mol. The maximum Gasteiger partial charge on any atom is 0.332 e. The number of carbonyl (C=O) groups is 1. The Morgan fingerprint density at radius 1 is 1.23 bits per heavy atom. The Kier molecular flexibility index (Phi) is 4.43. The number of nitrogen functional groups attached to an aromatic ring is 1. The van der Waals surface area contributed by atoms with Crippen molar-refractivity contribution in [3.63, 3.8) is 0 Å². The standard InChI is InChI=1S/C18H21FN4O3/c1-10-6-7-12(19)15-11(10)5-4-8-23(15)9-13(24)14-16(20)21(2)18(26)22(3)17(14)25/h6-7H,4-5,8-9,20H2,1-3H3. The number of carbonyl (C=O) groups excluding carboxylic acids is 1. The molecule has 1 aliphatic rings. The number of aryl methyl sites for hydroxylation is 1. The van der Waals surface area contributed by atoms with Crippen LogP contribution in [0.15, 0.2) is 21.7 Å². The minimum Gasteiger partial charge on any atom is -0.384 e. The summed E-state index contributed by atoms with van der Waals surface area (Å²) < 4.78 is 16.3. The summed E-state index contributed by atoms with van der Waals surface area (Å²) >= 11 is 0. The Hall–Kier alpha value is -2.90. The summed E-state index contributed by atoms with van der Waals surface area (Å²) in [5.41, 5.74) is 6.52. The summed E-state index contributed by atoms with van der Waals surface area (Å²) in [6.45, 7) is 2.24. The highest BCUT2D eigenvalue weighted by Crippen LogP contribution is 2.32. The van der Waals surface area contributed by atoms with Gasteiger partial charge in [0.2, 0.25) is 0 Å². The lowest BCUT2D eigenvalue weighted by Gasteiger charge is -2.32. The molecule has 7 nitrogen and oxygen atoms in total. The number of nitrogens with zero attached hydrogens (tertiary/aromatic N) is 3. The number of fused-ring (bicyclic) bond motifs is 1. The zero-order valence-electron chi connectivity index (χ0n) is 15.0. The molecule has 0 spiro atoms. The van der Waals surface area contributed by atoms with E-state index in [0.29, 0.717) is 12.2 Å². The first-order chi connectivity index (χ1) is 12.2. The fourth-order valence-electron chi connectivity index (χ4n) is 3.46. The topological polar surface area (TPSA) is 90.3 Å². The van der Waals surface area contributed by atoms with Crippen LogP contribution >= 0.6 is 0 Å². The summed E-state index contributed by atoms with van der Waals surface area (Å²) in [5, 5.41) is 0. The molecule has 0 aliphatic carbocycles. The van der Waals surface area contributed by atoms with Crippen molar-refractivity contribution in [2.45, 2.75) is 19.8 Å². The summed E-state index contributed by atoms with van der Waals surface area (Å²) in [6.07, 6.45) is 1.53. The molecule has 2 N–H and O–H groups in total. The summed E-state index contributed by atoms with van der Waals surface area (Å²) in [7, 11) is 2.69. The van der Waals surface area contributed by atoms with E-state index in [2.05, 4.69) is 0 Å². The molecular weight excluding hydrogens is 339 g/mol. The smallest absolute Gasteiger partial charge is 0.332 e. The molecule has 26 heavy (non-hydrogen) atoms. The van der Waals surface area contributed by atoms with Gasteiger partial charge in [0.1, 0.15) is 17.2 Å². The fourth-order valence-corrected chi connectivity index (χ4v) is 3.46. The molecule has 2 aromatic rings. The quantitative estimate of drug-likeness (QED) is 0.816. The molecular formula is C18H21FN4O3. The van der Waals surface area contributed by atoms with Crippen molar-refractivity contribution in [3.8, 4) is 0 Å². The van der Waals surface area contributed by atoms with E-state index in [0.717, 1.165) is 33.1 Å². The van der Waals surface area contributed by atoms with Crippen molar-refractivity contribution < 1.29 is 9.18 Å². The zero-order valence-corrected chi connectivity index (χ0v) is 15.0. The number of ketones is 1. The number of hydrogen-bond donors (Lipinski definition) is 1. The Bertz CT molecular complexity index is 1020. The second kappa shape index (κ2) is 6.44. The van der Waals surface area contributed by atoms with Crippen LogP contribution in [0, 0.1) is 12.7 Å². The van der Waals surface area contributed by atoms with Crippen molar-refractivity contribution in [1.82, 2.24) is 9.13 Å². The van der Waals surface area contributed by atoms with Gasteiger partial charge in [0.15, 0.2) is 5.78 Å². The maximum absolute atomic E-state index is 14.4. The van der Waals surface area contributed by atoms with Gasteiger partial charge in [-0.3, -0.25) is 18.7 Å². The molecule has 0 saturated carbocycles. The van der Waals surface area contributed by atoms with E-state index in [1.54, 1.807) is 11.0 Å². The van der Waals surface area contributed by atoms with Crippen LogP contribution in [-0.2, 0) is 20.5 Å². The predicted octanol–water partition coefficient (Wildman–Crippen LogP) is 0.749. The van der Waals surface area contributed by atoms with Gasteiger partial charge in [0.05, 0.1) is 12.2 Å². The van der Waals surface area contributed by atoms with Crippen LogP contribution in [0.1, 0.15) is 27.9 Å². The SMILES string of the molecule is Cc1ccc(F)c2c1CCCN2CC(=O)c1c(N)n(C)c(=O)n(C)c1=O. The Morgan fingerprint density at radius 2 is 1.92 bits per heavy atom. The van der Waals surface area contributed by atoms with E-state index in [-0.39, 0.29) is 23.7 Å². The van der Waals surface area contributed by atoms with Gasteiger partial charge in [-0.05, 0) is 37.0 Å². The summed E-state index contributed by atoms with van der Waals surface area (Å²) in [4.78, 5) is 38.7. The number of nitrogens with two attached hydrogens (primary N) is 1. The highest BCUT2D eigenvalue weighted by molar-refractivity contribution is 6.02. The maximum atomic E-state index is 14.4. The van der Waals surface area contributed by atoms with E-state index >= 15 is 0 Å². The normalized spacial score (nSPS) is 13.6. The highest BCUT2D eigenvalue weighted by Gasteiger charge is 2.27. The average Bonchev–Trinajstić information content (AvgIpc) is 2.61. The molecule has 1 aliphatic heterocycles. The van der Waals surface area contributed by atoms with Gasteiger partial charge < -0.3 is 10.6 Å². The van der Waals surface area contributed by atoms with Crippen LogP contribution < -0.4 is 21.9 Å². The molecule has 0 fully saturated rings. The van der Waals surface area contributed by atoms with E-state index in [4.69, 9.17) is 5.73 Å². The van der Waals surface area contributed by atoms with Crippen molar-refractivity contribution in [3.05, 3.63) is 55.5 Å². The number of aromatic nitrogens is 2. The van der Waals surface area contributed by atoms with Crippen molar-refractivity contribution in [2.75, 3.05) is 23.7 Å². The fraction of sp³-hybridized carbons (Fsp3) is 0.389. The third-order valence-electron chi connectivity index (χ3n) is 4.96. The molecule has 0 amide bonds. The van der Waals surface area contributed by atoms with Gasteiger partial charge >= 0.3 is 5.69 Å². The molecule has 3 rings (SSSR count). The van der Waals surface area contributed by atoms with E-state index in [9.17, 15) is 18.8 Å². The number of benzene rings is 1. The Labute approximate surface area is 149 Å². The third-order valence-corrected chi connectivity index (χ3v) is 4.96. The Balaban J connectivity index is 2.04. The van der Waals surface area contributed by atoms with Gasteiger partial charge in [0, 0.05) is 20.6 Å². The molecule has 0 unspecified atom stereocenters. The van der Waals surface area contributed by atoms with Crippen LogP contribution in [0.25, 0.3) is 0 Å². The Morgan fingerprint density at radius 3 is 2.62 bits per heavy atom. The number of rotatable bonds is 3. The number of anilines is 2. The predicted molar refractivity (Wildman–Crippen MR) is 97.3 cm³/mol. The van der Waals surface area contributed by atoms with Crippen LogP contribution in [0.5, 0.6) is 0 Å². The van der Waals surface area contributed by atoms with Crippen molar-refractivity contribution in [2.24, 2.45) is 14.1 Å². The van der Waals surface area contributed by atoms with Gasteiger partial charge in [0.25, 0.3) is 5.56 Å². The van der Waals surface area contributed by atoms with Crippen molar-refractivity contribution >= 4 is 17.3 Å². The van der Waals surface area contributed by atoms with Crippen LogP contribution in [0.3, 0.4) is 0 Å². The molecule has 0 radical (unpaired) electrons. The minimum atomic E-state index is -0.738. The summed E-state index contributed by atoms with van der Waals surface area (Å²) in [6, 6.07) is 3.11. The first-order valence-corrected chi connectivity index (χ1v) is 8.35. The summed E-state index contributed by atoms with van der Waals surface area (Å²) in [5.74, 6) is -1.10. The van der Waals surface area contributed by atoms with Gasteiger partial charge in [-0.2, -0.15) is 0 Å². The van der Waals surface area contributed by atoms with Crippen molar-refractivity contribution in [1.29, 1.82) is 0 Å². The number of hydrogen-bond acceptors (Lipinski definition) is 5. The van der Waals surface area contributed by atoms with Crippen LogP contribution in [0.2, 0.25) is 0 Å². The molecule has 2 heterocycles. The first-order valence-electron chi connectivity index (χ1n) is 8.35. The van der Waals surface area contributed by atoms with Gasteiger partial charge in [-0.15, -0.1) is 0 Å². The molecule has 1 aromatic carbocycles. The lowest BCUT2D eigenvalue weighted by Crippen LogP contribution is -2.44. The third kappa shape index (κ3) is 2.71. The zero-order chi connectivity index (χ0) is 19.2. The number of Topliss-reactive ketones (excluding diaryl/α,β-unsaturated/α-hetero) is 1. The van der Waals surface area contributed by atoms with E-state index < -0.39 is 17.0 Å². The lowest BCUT2D eigenvalue weighted by atomic mass is 9.96. The van der Waals surface area contributed by atoms with Gasteiger partial charge in [-0.1, -0.05) is 6.07 Å². The minimum absolute atomic E-state index is 0.176. The first kappa shape index (κ1) is 17.9. The molecule has 0 saturated heterocycles. The second-order valence-corrected chi connectivity index (χ2v) is 6.61. The molecule has 0 atom stereocenters. The van der Waals surface area contributed by atoms with Gasteiger partial charge in [-0.25, -0.2) is 9.18 Å². The lowest BCUT2D eigenvalue weighted by molar-refractivity contribution is 0.0996. The van der Waals surface area contributed by atoms with Crippen LogP contribution in [-0.4, -0.2) is 28.0 Å². The van der Waals surface area contributed by atoms with E-state index in [1.165, 1.54) is 20.2 Å². The largest absolute Gasteiger partial charge is 0.384 e.